The lowest BCUT2D eigenvalue weighted by molar-refractivity contribution is -0.134. The molecule has 1 aromatic rings. The van der Waals surface area contributed by atoms with Crippen molar-refractivity contribution in [3.63, 3.8) is 0 Å². The maximum absolute atomic E-state index is 12.3. The molecule has 0 aliphatic rings. The Morgan fingerprint density at radius 2 is 2.00 bits per heavy atom. The second-order valence-electron chi connectivity index (χ2n) is 4.69. The highest BCUT2D eigenvalue weighted by Crippen LogP contribution is 2.26. The van der Waals surface area contributed by atoms with E-state index in [0.717, 1.165) is 23.9 Å². The number of hydrogen-bond donors (Lipinski definition) is 1. The van der Waals surface area contributed by atoms with Crippen molar-refractivity contribution < 1.29 is 21.6 Å². The van der Waals surface area contributed by atoms with Crippen LogP contribution in [0.15, 0.2) is 15.7 Å². The Labute approximate surface area is 120 Å². The average Bonchev–Trinajstić information content (AvgIpc) is 2.72. The number of sulfonamides is 1. The van der Waals surface area contributed by atoms with E-state index in [-0.39, 0.29) is 10.3 Å². The summed E-state index contributed by atoms with van der Waals surface area (Å²) in [6.07, 6.45) is -4.55. The Bertz CT molecular complexity index is 538. The number of thiophene rings is 1. The van der Waals surface area contributed by atoms with Gasteiger partial charge in [0.05, 0.1) is 0 Å². The predicted octanol–water partition coefficient (Wildman–Crippen LogP) is 2.43. The molecule has 1 aromatic heterocycles. The summed E-state index contributed by atoms with van der Waals surface area (Å²) in [7, 11) is -3.16. The van der Waals surface area contributed by atoms with E-state index in [1.54, 1.807) is 5.38 Å². The molecule has 0 saturated carbocycles. The Balaban J connectivity index is 2.83. The molecule has 0 aliphatic carbocycles. The van der Waals surface area contributed by atoms with Crippen molar-refractivity contribution in [2.24, 2.45) is 0 Å². The first-order valence-corrected chi connectivity index (χ1v) is 8.18. The summed E-state index contributed by atoms with van der Waals surface area (Å²) >= 11 is 0.926. The zero-order valence-electron chi connectivity index (χ0n) is 11.4. The Morgan fingerprint density at radius 1 is 1.40 bits per heavy atom. The van der Waals surface area contributed by atoms with Crippen molar-refractivity contribution >= 4 is 21.4 Å². The van der Waals surface area contributed by atoms with E-state index >= 15 is 0 Å². The third-order valence-corrected chi connectivity index (χ3v) is 5.68. The number of nitrogens with zero attached hydrogens (tertiary/aromatic N) is 1. The molecule has 0 fully saturated rings. The van der Waals surface area contributed by atoms with Crippen LogP contribution in [0.3, 0.4) is 0 Å². The summed E-state index contributed by atoms with van der Waals surface area (Å²) in [6.45, 7) is 2.88. The third-order valence-electron chi connectivity index (χ3n) is 2.41. The third kappa shape index (κ3) is 5.04. The minimum Gasteiger partial charge on any atom is -0.310 e. The van der Waals surface area contributed by atoms with E-state index in [9.17, 15) is 21.6 Å². The van der Waals surface area contributed by atoms with E-state index in [2.05, 4.69) is 5.32 Å². The lowest BCUT2D eigenvalue weighted by atomic mass is 10.3. The molecule has 4 nitrogen and oxygen atoms in total. The minimum absolute atomic E-state index is 0.0789. The van der Waals surface area contributed by atoms with Crippen LogP contribution in [0.2, 0.25) is 0 Å². The van der Waals surface area contributed by atoms with Crippen LogP contribution in [-0.2, 0) is 16.6 Å². The topological polar surface area (TPSA) is 49.4 Å². The molecule has 0 amide bonds. The Hall–Kier alpha value is -0.640. The fraction of sp³-hybridized carbons (Fsp3) is 0.636. The quantitative estimate of drug-likeness (QED) is 0.871. The number of hydrogen-bond acceptors (Lipinski definition) is 4. The van der Waals surface area contributed by atoms with Gasteiger partial charge in [-0.2, -0.15) is 17.5 Å². The van der Waals surface area contributed by atoms with Crippen LogP contribution in [0, 0.1) is 0 Å². The predicted molar refractivity (Wildman–Crippen MR) is 72.2 cm³/mol. The van der Waals surface area contributed by atoms with Crippen LogP contribution in [0.1, 0.15) is 19.4 Å². The second-order valence-corrected chi connectivity index (χ2v) is 7.87. The molecule has 20 heavy (non-hydrogen) atoms. The maximum atomic E-state index is 12.3. The first-order valence-electron chi connectivity index (χ1n) is 5.86. The van der Waals surface area contributed by atoms with Gasteiger partial charge in [0.2, 0.25) is 0 Å². The van der Waals surface area contributed by atoms with Crippen LogP contribution in [0.5, 0.6) is 0 Å². The van der Waals surface area contributed by atoms with Gasteiger partial charge in [0.15, 0.2) is 0 Å². The van der Waals surface area contributed by atoms with Crippen molar-refractivity contribution in [1.29, 1.82) is 0 Å². The number of nitrogens with one attached hydrogen (secondary N) is 1. The van der Waals surface area contributed by atoms with Gasteiger partial charge < -0.3 is 5.32 Å². The average molecular weight is 330 g/mol. The zero-order valence-corrected chi connectivity index (χ0v) is 13.0. The molecule has 9 heteroatoms. The Morgan fingerprint density at radius 3 is 2.50 bits per heavy atom. The van der Waals surface area contributed by atoms with Crippen LogP contribution < -0.4 is 5.32 Å². The van der Waals surface area contributed by atoms with Crippen LogP contribution >= 0.6 is 11.3 Å². The van der Waals surface area contributed by atoms with Crippen molar-refractivity contribution in [3.8, 4) is 0 Å². The van der Waals surface area contributed by atoms with E-state index in [0.29, 0.717) is 10.8 Å². The van der Waals surface area contributed by atoms with E-state index < -0.39 is 22.7 Å². The standard InChI is InChI=1S/C11H17F3N2O2S2/c1-8(2)15-5-9-4-10(19-6-9)20(17,18)16(3)7-11(12,13)14/h4,6,8,15H,5,7H2,1-3H3. The second kappa shape index (κ2) is 6.42. The van der Waals surface area contributed by atoms with Gasteiger partial charge in [-0.3, -0.25) is 0 Å². The van der Waals surface area contributed by atoms with Crippen molar-refractivity contribution in [2.75, 3.05) is 13.6 Å². The summed E-state index contributed by atoms with van der Waals surface area (Å²) in [5.41, 5.74) is 0.739. The van der Waals surface area contributed by atoms with Gasteiger partial charge >= 0.3 is 6.18 Å². The van der Waals surface area contributed by atoms with Crippen LogP contribution in [0.4, 0.5) is 13.2 Å². The highest BCUT2D eigenvalue weighted by Gasteiger charge is 2.35. The molecule has 1 heterocycles. The summed E-state index contributed by atoms with van der Waals surface area (Å²) in [4.78, 5) is 0. The van der Waals surface area contributed by atoms with Crippen LogP contribution in [0.25, 0.3) is 0 Å². The molecule has 1 N–H and O–H groups in total. The molecule has 0 aromatic carbocycles. The first kappa shape index (κ1) is 17.4. The van der Waals surface area contributed by atoms with Crippen molar-refractivity contribution in [3.05, 3.63) is 17.0 Å². The lowest BCUT2D eigenvalue weighted by Gasteiger charge is -2.17. The molecule has 0 aliphatic heterocycles. The molecular formula is C11H17F3N2O2S2. The highest BCUT2D eigenvalue weighted by molar-refractivity contribution is 7.91. The summed E-state index contributed by atoms with van der Waals surface area (Å²) in [5, 5.41) is 4.74. The minimum atomic E-state index is -4.55. The van der Waals surface area contributed by atoms with Gasteiger partial charge in [-0.25, -0.2) is 8.42 Å². The van der Waals surface area contributed by atoms with E-state index in [1.807, 2.05) is 13.8 Å². The monoisotopic (exact) mass is 330 g/mol. The van der Waals surface area contributed by atoms with Crippen LogP contribution in [-0.4, -0.2) is 38.5 Å². The summed E-state index contributed by atoms with van der Waals surface area (Å²) in [5.74, 6) is 0. The van der Waals surface area contributed by atoms with E-state index in [1.165, 1.54) is 6.07 Å². The molecule has 0 unspecified atom stereocenters. The molecule has 0 radical (unpaired) electrons. The van der Waals surface area contributed by atoms with Crippen molar-refractivity contribution in [2.45, 2.75) is 36.8 Å². The van der Waals surface area contributed by atoms with Crippen molar-refractivity contribution in [1.82, 2.24) is 9.62 Å². The zero-order chi connectivity index (χ0) is 15.6. The van der Waals surface area contributed by atoms with Gasteiger partial charge in [0, 0.05) is 19.6 Å². The molecule has 0 saturated heterocycles. The lowest BCUT2D eigenvalue weighted by Crippen LogP contribution is -2.35. The Kier molecular flexibility index (Phi) is 5.59. The largest absolute Gasteiger partial charge is 0.402 e. The summed E-state index contributed by atoms with van der Waals surface area (Å²) in [6, 6.07) is 1.64. The first-order chi connectivity index (χ1) is 9.02. The summed E-state index contributed by atoms with van der Waals surface area (Å²) < 4.78 is 61.0. The SMILES string of the molecule is CC(C)NCc1csc(S(=O)(=O)N(C)CC(F)(F)F)c1. The van der Waals surface area contributed by atoms with Gasteiger partial charge in [0.25, 0.3) is 10.0 Å². The fourth-order valence-corrected chi connectivity index (χ4v) is 3.97. The maximum Gasteiger partial charge on any atom is 0.402 e. The molecule has 116 valence electrons. The fourth-order valence-electron chi connectivity index (χ4n) is 1.39. The number of rotatable bonds is 6. The highest BCUT2D eigenvalue weighted by atomic mass is 32.2. The van der Waals surface area contributed by atoms with Gasteiger partial charge in [-0.05, 0) is 17.0 Å². The molecule has 1 rings (SSSR count). The molecular weight excluding hydrogens is 313 g/mol. The van der Waals surface area contributed by atoms with Gasteiger partial charge in [-0.15, -0.1) is 11.3 Å². The van der Waals surface area contributed by atoms with E-state index in [4.69, 9.17) is 0 Å². The van der Waals surface area contributed by atoms with Gasteiger partial charge in [0.1, 0.15) is 10.8 Å². The number of alkyl halides is 3. The molecule has 0 atom stereocenters. The molecule has 0 bridgehead atoms. The normalized spacial score (nSPS) is 13.4. The smallest absolute Gasteiger partial charge is 0.310 e. The van der Waals surface area contributed by atoms with Gasteiger partial charge in [-0.1, -0.05) is 13.8 Å². The molecule has 0 spiro atoms. The number of halogens is 3.